The minimum Gasteiger partial charge on any atom is -0.507 e. The molecule has 0 aliphatic carbocycles. The Kier molecular flexibility index (Phi) is 9.09. The lowest BCUT2D eigenvalue weighted by atomic mass is 9.93. The molecule has 0 unspecified atom stereocenters. The van der Waals surface area contributed by atoms with E-state index in [-0.39, 0.29) is 11.3 Å². The fourth-order valence-electron chi connectivity index (χ4n) is 4.67. The topological polar surface area (TPSA) is 61.8 Å². The standard InChI is InChI=1S/C33H34Cl2N2O3/c1-32(2,21-23-11-7-5-8-12-23)37(40-33(3,4)22-24-13-9-6-10-14-24)26-16-17-29(28(35)20-26)36-31(39)27-19-25(34)15-18-30(27)38/h5-20,38H,21-22H2,1-4H3,(H,36,39). The number of aromatic hydroxyl groups is 1. The van der Waals surface area contributed by atoms with Gasteiger partial charge >= 0.3 is 0 Å². The van der Waals surface area contributed by atoms with Gasteiger partial charge in [-0.25, -0.2) is 5.06 Å². The highest BCUT2D eigenvalue weighted by molar-refractivity contribution is 6.34. The van der Waals surface area contributed by atoms with Gasteiger partial charge < -0.3 is 10.4 Å². The molecule has 1 amide bonds. The summed E-state index contributed by atoms with van der Waals surface area (Å²) < 4.78 is 0. The zero-order chi connectivity index (χ0) is 28.9. The Labute approximate surface area is 246 Å². The molecule has 4 aromatic rings. The van der Waals surface area contributed by atoms with Crippen LogP contribution < -0.4 is 10.4 Å². The van der Waals surface area contributed by atoms with E-state index in [1.807, 2.05) is 47.5 Å². The fourth-order valence-corrected chi connectivity index (χ4v) is 5.07. The molecule has 0 bridgehead atoms. The largest absolute Gasteiger partial charge is 0.507 e. The van der Waals surface area contributed by atoms with Crippen LogP contribution >= 0.6 is 23.2 Å². The molecule has 2 N–H and O–H groups in total. The third-order valence-electron chi connectivity index (χ3n) is 6.48. The van der Waals surface area contributed by atoms with Crippen molar-refractivity contribution >= 4 is 40.5 Å². The number of anilines is 2. The summed E-state index contributed by atoms with van der Waals surface area (Å²) in [5, 5.41) is 15.5. The number of phenolic OH excluding ortho intramolecular Hbond substituents is 1. The molecule has 208 valence electrons. The predicted molar refractivity (Wildman–Crippen MR) is 165 cm³/mol. The maximum Gasteiger partial charge on any atom is 0.259 e. The van der Waals surface area contributed by atoms with Crippen molar-refractivity contribution in [3.8, 4) is 5.75 Å². The molecule has 5 nitrogen and oxygen atoms in total. The van der Waals surface area contributed by atoms with E-state index in [4.69, 9.17) is 28.0 Å². The number of hydrogen-bond acceptors (Lipinski definition) is 4. The molecule has 0 spiro atoms. The first kappa shape index (κ1) is 29.5. The van der Waals surface area contributed by atoms with Crippen LogP contribution in [0.4, 0.5) is 11.4 Å². The van der Waals surface area contributed by atoms with Crippen molar-refractivity contribution in [1.29, 1.82) is 0 Å². The number of hydroxylamine groups is 1. The molecule has 0 aliphatic heterocycles. The molecule has 0 radical (unpaired) electrons. The van der Waals surface area contributed by atoms with Crippen molar-refractivity contribution < 1.29 is 14.7 Å². The minimum absolute atomic E-state index is 0.0595. The summed E-state index contributed by atoms with van der Waals surface area (Å²) in [6.45, 7) is 8.40. The minimum atomic E-state index is -0.543. The van der Waals surface area contributed by atoms with Gasteiger partial charge in [-0.1, -0.05) is 83.9 Å². The van der Waals surface area contributed by atoms with Gasteiger partial charge in [0.25, 0.3) is 5.91 Å². The summed E-state index contributed by atoms with van der Waals surface area (Å²) in [5.41, 5.74) is 2.56. The number of amides is 1. The normalized spacial score (nSPS) is 11.8. The summed E-state index contributed by atoms with van der Waals surface area (Å²) in [5.74, 6) is -0.686. The first-order valence-electron chi connectivity index (χ1n) is 13.1. The van der Waals surface area contributed by atoms with Crippen molar-refractivity contribution in [2.45, 2.75) is 51.7 Å². The molecule has 4 aromatic carbocycles. The summed E-state index contributed by atoms with van der Waals surface area (Å²) >= 11 is 12.7. The molecule has 0 aromatic heterocycles. The zero-order valence-corrected chi connectivity index (χ0v) is 24.6. The third-order valence-corrected chi connectivity index (χ3v) is 7.03. The van der Waals surface area contributed by atoms with E-state index in [9.17, 15) is 9.90 Å². The zero-order valence-electron chi connectivity index (χ0n) is 23.1. The average Bonchev–Trinajstić information content (AvgIpc) is 2.90. The van der Waals surface area contributed by atoms with Crippen LogP contribution in [-0.2, 0) is 17.7 Å². The SMILES string of the molecule is CC(C)(Cc1ccccc1)ON(c1ccc(NC(=O)c2cc(Cl)ccc2O)c(Cl)c1)C(C)(C)Cc1ccccc1. The van der Waals surface area contributed by atoms with Crippen LogP contribution in [0.2, 0.25) is 10.0 Å². The highest BCUT2D eigenvalue weighted by Gasteiger charge is 2.34. The highest BCUT2D eigenvalue weighted by atomic mass is 35.5. The number of benzene rings is 4. The van der Waals surface area contributed by atoms with Crippen LogP contribution in [0, 0.1) is 0 Å². The van der Waals surface area contributed by atoms with Gasteiger partial charge in [-0.3, -0.25) is 9.63 Å². The summed E-state index contributed by atoms with van der Waals surface area (Å²) in [6.07, 6.45) is 1.43. The van der Waals surface area contributed by atoms with Gasteiger partial charge in [0.2, 0.25) is 0 Å². The van der Waals surface area contributed by atoms with Crippen molar-refractivity contribution in [1.82, 2.24) is 0 Å². The van der Waals surface area contributed by atoms with Gasteiger partial charge in [0, 0.05) is 11.4 Å². The lowest BCUT2D eigenvalue weighted by Crippen LogP contribution is -2.50. The van der Waals surface area contributed by atoms with Crippen LogP contribution in [-0.4, -0.2) is 22.2 Å². The molecule has 0 aliphatic rings. The Morgan fingerprint density at radius 3 is 2.02 bits per heavy atom. The number of rotatable bonds is 10. The van der Waals surface area contributed by atoms with Gasteiger partial charge in [0.15, 0.2) is 0 Å². The van der Waals surface area contributed by atoms with Crippen molar-refractivity contribution in [2.75, 3.05) is 10.4 Å². The maximum absolute atomic E-state index is 12.9. The van der Waals surface area contributed by atoms with E-state index in [1.165, 1.54) is 29.3 Å². The Morgan fingerprint density at radius 2 is 1.43 bits per heavy atom. The van der Waals surface area contributed by atoms with E-state index in [0.717, 1.165) is 12.1 Å². The number of phenols is 1. The van der Waals surface area contributed by atoms with Crippen molar-refractivity contribution in [3.63, 3.8) is 0 Å². The number of carbonyl (C=O) groups excluding carboxylic acids is 1. The number of nitrogens with one attached hydrogen (secondary N) is 1. The highest BCUT2D eigenvalue weighted by Crippen LogP contribution is 2.36. The molecule has 7 heteroatoms. The van der Waals surface area contributed by atoms with Crippen molar-refractivity contribution in [2.24, 2.45) is 0 Å². The van der Waals surface area contributed by atoms with E-state index in [1.54, 1.807) is 12.1 Å². The maximum atomic E-state index is 12.9. The van der Waals surface area contributed by atoms with Crippen LogP contribution in [0.15, 0.2) is 97.1 Å². The van der Waals surface area contributed by atoms with E-state index in [0.29, 0.717) is 22.2 Å². The second-order valence-electron chi connectivity index (χ2n) is 11.1. The molecule has 0 heterocycles. The van der Waals surface area contributed by atoms with E-state index < -0.39 is 17.0 Å². The molecule has 40 heavy (non-hydrogen) atoms. The number of halogens is 2. The molecular formula is C33H34Cl2N2O3. The van der Waals surface area contributed by atoms with Gasteiger partial charge in [0.1, 0.15) is 5.75 Å². The first-order chi connectivity index (χ1) is 18.9. The van der Waals surface area contributed by atoms with Crippen LogP contribution in [0.25, 0.3) is 0 Å². The second-order valence-corrected chi connectivity index (χ2v) is 11.9. The van der Waals surface area contributed by atoms with Crippen molar-refractivity contribution in [3.05, 3.63) is 124 Å². The van der Waals surface area contributed by atoms with Crippen LogP contribution in [0.3, 0.4) is 0 Å². The summed E-state index contributed by atoms with van der Waals surface area (Å²) in [6, 6.07) is 30.2. The molecule has 0 atom stereocenters. The van der Waals surface area contributed by atoms with E-state index in [2.05, 4.69) is 57.3 Å². The molecule has 0 saturated heterocycles. The number of hydrogen-bond donors (Lipinski definition) is 2. The Hall–Kier alpha value is -3.51. The quantitative estimate of drug-likeness (QED) is 0.185. The van der Waals surface area contributed by atoms with Gasteiger partial charge in [0.05, 0.1) is 33.1 Å². The second kappa shape index (κ2) is 12.3. The van der Waals surface area contributed by atoms with Crippen LogP contribution in [0.5, 0.6) is 5.75 Å². The number of nitrogens with zero attached hydrogens (tertiary/aromatic N) is 1. The smallest absolute Gasteiger partial charge is 0.259 e. The van der Waals surface area contributed by atoms with Gasteiger partial charge in [-0.2, -0.15) is 0 Å². The average molecular weight is 578 g/mol. The van der Waals surface area contributed by atoms with Crippen LogP contribution in [0.1, 0.15) is 49.2 Å². The molecule has 0 fully saturated rings. The monoisotopic (exact) mass is 576 g/mol. The first-order valence-corrected chi connectivity index (χ1v) is 13.9. The van der Waals surface area contributed by atoms with Gasteiger partial charge in [-0.15, -0.1) is 0 Å². The summed E-state index contributed by atoms with van der Waals surface area (Å²) in [4.78, 5) is 19.6. The molecule has 0 saturated carbocycles. The Balaban J connectivity index is 1.64. The molecule has 4 rings (SSSR count). The lowest BCUT2D eigenvalue weighted by Gasteiger charge is -2.44. The fraction of sp³-hybridized carbons (Fsp3) is 0.242. The third kappa shape index (κ3) is 7.57. The van der Waals surface area contributed by atoms with Gasteiger partial charge in [-0.05, 0) is 81.6 Å². The van der Waals surface area contributed by atoms with E-state index >= 15 is 0 Å². The summed E-state index contributed by atoms with van der Waals surface area (Å²) in [7, 11) is 0. The Morgan fingerprint density at radius 1 is 0.825 bits per heavy atom. The predicted octanol–water partition coefficient (Wildman–Crippen LogP) is 8.73. The molecular weight excluding hydrogens is 543 g/mol. The lowest BCUT2D eigenvalue weighted by molar-refractivity contribution is -0.0602. The number of carbonyl (C=O) groups is 1. The Bertz CT molecular complexity index is 1460.